The van der Waals surface area contributed by atoms with Crippen LogP contribution < -0.4 is 10.9 Å². The maximum absolute atomic E-state index is 12.9. The van der Waals surface area contributed by atoms with Crippen molar-refractivity contribution in [2.45, 2.75) is 6.92 Å². The van der Waals surface area contributed by atoms with Crippen molar-refractivity contribution < 1.29 is 4.79 Å². The number of nitriles is 1. The van der Waals surface area contributed by atoms with Gasteiger partial charge in [0.25, 0.3) is 11.5 Å². The summed E-state index contributed by atoms with van der Waals surface area (Å²) in [6.07, 6.45) is 0. The predicted octanol–water partition coefficient (Wildman–Crippen LogP) is 3.21. The number of nitrogens with one attached hydrogen (secondary N) is 2. The van der Waals surface area contributed by atoms with Crippen molar-refractivity contribution in [1.82, 2.24) is 9.38 Å². The molecule has 0 atom stereocenters. The van der Waals surface area contributed by atoms with Crippen LogP contribution in [0.3, 0.4) is 0 Å². The van der Waals surface area contributed by atoms with E-state index in [4.69, 9.17) is 0 Å². The van der Waals surface area contributed by atoms with Crippen LogP contribution in [0.5, 0.6) is 0 Å². The lowest BCUT2D eigenvalue weighted by molar-refractivity contribution is 0.102. The fraction of sp³-hybridized carbons (Fsp3) is 0.0500. The van der Waals surface area contributed by atoms with Gasteiger partial charge < -0.3 is 10.3 Å². The molecule has 0 fully saturated rings. The number of fused-ring (bicyclic) bond motifs is 3. The number of imidazole rings is 1. The number of nitrogens with zero attached hydrogens (tertiary/aromatic N) is 2. The molecule has 1 amide bonds. The van der Waals surface area contributed by atoms with E-state index in [0.717, 1.165) is 11.1 Å². The first-order chi connectivity index (χ1) is 12.6. The van der Waals surface area contributed by atoms with Crippen LogP contribution in [0.1, 0.15) is 21.5 Å². The predicted molar refractivity (Wildman–Crippen MR) is 99.4 cm³/mol. The summed E-state index contributed by atoms with van der Waals surface area (Å²) in [5, 5.41) is 12.1. The van der Waals surface area contributed by atoms with Gasteiger partial charge in [-0.3, -0.25) is 14.0 Å². The first-order valence-corrected chi connectivity index (χ1v) is 8.03. The third-order valence-electron chi connectivity index (χ3n) is 4.25. The van der Waals surface area contributed by atoms with Crippen LogP contribution >= 0.6 is 0 Å². The van der Waals surface area contributed by atoms with Crippen LogP contribution in [-0.2, 0) is 0 Å². The topological polar surface area (TPSA) is 90.2 Å². The fourth-order valence-electron chi connectivity index (χ4n) is 3.03. The maximum Gasteiger partial charge on any atom is 0.280 e. The van der Waals surface area contributed by atoms with Gasteiger partial charge in [-0.15, -0.1) is 0 Å². The number of hydrogen-bond acceptors (Lipinski definition) is 3. The van der Waals surface area contributed by atoms with Gasteiger partial charge in [0.05, 0.1) is 16.6 Å². The molecule has 26 heavy (non-hydrogen) atoms. The van der Waals surface area contributed by atoms with E-state index in [-0.39, 0.29) is 11.3 Å². The number of pyridine rings is 1. The molecule has 6 heteroatoms. The third kappa shape index (κ3) is 2.43. The summed E-state index contributed by atoms with van der Waals surface area (Å²) >= 11 is 0. The number of H-pyrrole nitrogens is 1. The van der Waals surface area contributed by atoms with Gasteiger partial charge in [0, 0.05) is 5.56 Å². The van der Waals surface area contributed by atoms with Gasteiger partial charge >= 0.3 is 0 Å². The van der Waals surface area contributed by atoms with Crippen molar-refractivity contribution in [1.29, 1.82) is 5.26 Å². The highest BCUT2D eigenvalue weighted by Crippen LogP contribution is 2.19. The highest BCUT2D eigenvalue weighted by atomic mass is 16.2. The Morgan fingerprint density at radius 2 is 1.96 bits per heavy atom. The summed E-state index contributed by atoms with van der Waals surface area (Å²) in [5.74, 6) is -0.394. The van der Waals surface area contributed by atoms with Gasteiger partial charge in [-0.1, -0.05) is 29.8 Å². The lowest BCUT2D eigenvalue weighted by Crippen LogP contribution is -2.23. The molecule has 0 unspecified atom stereocenters. The minimum absolute atomic E-state index is 0.0651. The Kier molecular flexibility index (Phi) is 3.55. The fourth-order valence-corrected chi connectivity index (χ4v) is 3.03. The van der Waals surface area contributed by atoms with E-state index < -0.39 is 11.5 Å². The molecule has 0 aliphatic carbocycles. The Morgan fingerprint density at radius 1 is 1.15 bits per heavy atom. The Morgan fingerprint density at radius 3 is 2.73 bits per heavy atom. The summed E-state index contributed by atoms with van der Waals surface area (Å²) < 4.78 is 1.42. The highest BCUT2D eigenvalue weighted by Gasteiger charge is 2.16. The zero-order valence-electron chi connectivity index (χ0n) is 13.9. The summed E-state index contributed by atoms with van der Waals surface area (Å²) in [4.78, 5) is 28.5. The average Bonchev–Trinajstić information content (AvgIpc) is 3.04. The minimum Gasteiger partial charge on any atom is -0.338 e. The molecule has 126 valence electrons. The molecule has 0 aliphatic rings. The van der Waals surface area contributed by atoms with Crippen LogP contribution in [0, 0.1) is 18.3 Å². The second-order valence-corrected chi connectivity index (χ2v) is 6.04. The standard InChI is InChI=1S/C20H14N4O2/c1-12-5-4-6-13(9-12)19(25)23-16-10-14(11-21)18-22-15-7-2-3-8-17(15)24(18)20(16)26/h2-10,22H,1H3,(H,23,25). The van der Waals surface area contributed by atoms with E-state index in [1.54, 1.807) is 24.3 Å². The normalized spacial score (nSPS) is 10.8. The Balaban J connectivity index is 1.89. The zero-order valence-corrected chi connectivity index (χ0v) is 13.9. The van der Waals surface area contributed by atoms with Crippen molar-refractivity contribution >= 4 is 28.3 Å². The number of carbonyl (C=O) groups excluding carboxylic acids is 1. The van der Waals surface area contributed by atoms with Gasteiger partial charge in [0.15, 0.2) is 0 Å². The number of amides is 1. The summed E-state index contributed by atoms with van der Waals surface area (Å²) in [7, 11) is 0. The lowest BCUT2D eigenvalue weighted by atomic mass is 10.1. The third-order valence-corrected chi connectivity index (χ3v) is 4.25. The highest BCUT2D eigenvalue weighted by molar-refractivity contribution is 6.04. The number of hydrogen-bond donors (Lipinski definition) is 2. The summed E-state index contributed by atoms with van der Waals surface area (Å²) in [5.41, 5.74) is 3.14. The molecule has 2 aromatic heterocycles. The molecule has 0 saturated heterocycles. The van der Waals surface area contributed by atoms with Crippen LogP contribution in [0.4, 0.5) is 5.69 Å². The number of benzene rings is 2. The molecule has 0 saturated carbocycles. The van der Waals surface area contributed by atoms with E-state index in [1.807, 2.05) is 31.2 Å². The molecule has 2 heterocycles. The molecular formula is C20H14N4O2. The number of carbonyl (C=O) groups is 1. The molecular weight excluding hydrogens is 328 g/mol. The van der Waals surface area contributed by atoms with Gasteiger partial charge in [-0.2, -0.15) is 5.26 Å². The number of anilines is 1. The molecule has 6 nitrogen and oxygen atoms in total. The molecule has 0 aliphatic heterocycles. The van der Waals surface area contributed by atoms with Crippen molar-refractivity contribution in [3.05, 3.63) is 81.6 Å². The summed E-state index contributed by atoms with van der Waals surface area (Å²) in [6, 6.07) is 17.8. The molecule has 4 aromatic rings. The maximum atomic E-state index is 12.9. The molecule has 0 bridgehead atoms. The number of aryl methyl sites for hydroxylation is 1. The van der Waals surface area contributed by atoms with Crippen LogP contribution in [0.15, 0.2) is 59.4 Å². The second-order valence-electron chi connectivity index (χ2n) is 6.04. The monoisotopic (exact) mass is 342 g/mol. The average molecular weight is 342 g/mol. The van der Waals surface area contributed by atoms with Crippen molar-refractivity contribution in [2.75, 3.05) is 5.32 Å². The smallest absolute Gasteiger partial charge is 0.280 e. The van der Waals surface area contributed by atoms with E-state index >= 15 is 0 Å². The van der Waals surface area contributed by atoms with Crippen molar-refractivity contribution in [2.24, 2.45) is 0 Å². The quantitative estimate of drug-likeness (QED) is 0.586. The first-order valence-electron chi connectivity index (χ1n) is 8.03. The van der Waals surface area contributed by atoms with E-state index in [0.29, 0.717) is 16.7 Å². The molecule has 2 N–H and O–H groups in total. The van der Waals surface area contributed by atoms with Crippen molar-refractivity contribution in [3.63, 3.8) is 0 Å². The SMILES string of the molecule is Cc1cccc(C(=O)Nc2cc(C#N)c3[nH]c4ccccc4n3c2=O)c1. The Bertz CT molecular complexity index is 1270. The summed E-state index contributed by atoms with van der Waals surface area (Å²) in [6.45, 7) is 1.89. The molecule has 0 radical (unpaired) electrons. The van der Waals surface area contributed by atoms with Gasteiger partial charge in [0.1, 0.15) is 17.4 Å². The van der Waals surface area contributed by atoms with Crippen LogP contribution in [0.25, 0.3) is 16.7 Å². The zero-order chi connectivity index (χ0) is 18.3. The second kappa shape index (κ2) is 5.90. The van der Waals surface area contributed by atoms with Gasteiger partial charge in [-0.25, -0.2) is 0 Å². The molecule has 2 aromatic carbocycles. The van der Waals surface area contributed by atoms with Crippen LogP contribution in [-0.4, -0.2) is 15.3 Å². The Labute approximate surface area is 148 Å². The number of aromatic amines is 1. The first kappa shape index (κ1) is 15.7. The van der Waals surface area contributed by atoms with Gasteiger partial charge in [0.2, 0.25) is 0 Å². The van der Waals surface area contributed by atoms with E-state index in [2.05, 4.69) is 16.4 Å². The van der Waals surface area contributed by atoms with E-state index in [9.17, 15) is 14.9 Å². The number of rotatable bonds is 2. The lowest BCUT2D eigenvalue weighted by Gasteiger charge is -2.07. The van der Waals surface area contributed by atoms with Crippen LogP contribution in [0.2, 0.25) is 0 Å². The Hall–Kier alpha value is -3.85. The van der Waals surface area contributed by atoms with Gasteiger partial charge in [-0.05, 0) is 37.3 Å². The van der Waals surface area contributed by atoms with Crippen molar-refractivity contribution in [3.8, 4) is 6.07 Å². The van der Waals surface area contributed by atoms with E-state index in [1.165, 1.54) is 10.5 Å². The largest absolute Gasteiger partial charge is 0.338 e. The minimum atomic E-state index is -0.394. The number of para-hydroxylation sites is 2. The molecule has 0 spiro atoms. The molecule has 4 rings (SSSR count). The number of aromatic nitrogens is 2.